The van der Waals surface area contributed by atoms with E-state index in [-0.39, 0.29) is 17.4 Å². The van der Waals surface area contributed by atoms with Crippen molar-refractivity contribution in [2.75, 3.05) is 7.11 Å². The first kappa shape index (κ1) is 17.5. The first-order chi connectivity index (χ1) is 13.5. The summed E-state index contributed by atoms with van der Waals surface area (Å²) < 4.78 is 20.0. The maximum Gasteiger partial charge on any atom is 0.277 e. The Morgan fingerprint density at radius 2 is 2.07 bits per heavy atom. The van der Waals surface area contributed by atoms with Crippen molar-refractivity contribution in [3.63, 3.8) is 0 Å². The molecule has 1 aliphatic heterocycles. The minimum atomic E-state index is -0.385. The van der Waals surface area contributed by atoms with E-state index in [4.69, 9.17) is 4.74 Å². The number of hydrogen-bond donors (Lipinski definition) is 3. The summed E-state index contributed by atoms with van der Waals surface area (Å²) in [6, 6.07) is 9.60. The molecule has 0 fully saturated rings. The average Bonchev–Trinajstić information content (AvgIpc) is 3.03. The number of nitrogens with zero attached hydrogens (tertiary/aromatic N) is 3. The second-order valence-corrected chi connectivity index (χ2v) is 6.06. The number of hydrogen-bond acceptors (Lipinski definition) is 6. The second kappa shape index (κ2) is 7.03. The van der Waals surface area contributed by atoms with Crippen molar-refractivity contribution in [3.05, 3.63) is 77.5 Å². The van der Waals surface area contributed by atoms with Crippen LogP contribution in [0.3, 0.4) is 0 Å². The van der Waals surface area contributed by atoms with Crippen molar-refractivity contribution in [2.24, 2.45) is 0 Å². The van der Waals surface area contributed by atoms with Crippen LogP contribution < -0.4 is 16.2 Å². The maximum atomic E-state index is 13.5. The molecule has 2 aromatic heterocycles. The highest BCUT2D eigenvalue weighted by Gasteiger charge is 2.20. The molecule has 1 aliphatic rings. The Balaban J connectivity index is 1.69. The van der Waals surface area contributed by atoms with Crippen LogP contribution in [0.15, 0.2) is 60.3 Å². The van der Waals surface area contributed by atoms with Crippen LogP contribution in [-0.4, -0.2) is 27.6 Å². The molecule has 1 aromatic carbocycles. The summed E-state index contributed by atoms with van der Waals surface area (Å²) in [5.41, 5.74) is 8.08. The molecule has 0 atom stereocenters. The molecule has 3 aromatic rings. The van der Waals surface area contributed by atoms with Crippen molar-refractivity contribution >= 4 is 11.6 Å². The molecule has 9 heteroatoms. The van der Waals surface area contributed by atoms with Crippen molar-refractivity contribution in [2.45, 2.75) is 6.92 Å². The topological polar surface area (TPSA) is 92.6 Å². The standard InChI is InChI=1S/C19H17FN6O2/c1-11-18(19(27)22-15-7-9-17(28-2)24-23-15)26-16(21-11)8-6-14(25-26)12-4-3-5-13(20)10-12/h3-10,23-24H,1-2H3,(H,22,27). The molecule has 0 bridgehead atoms. The predicted molar refractivity (Wildman–Crippen MR) is 100 cm³/mol. The molecular formula is C19H17FN6O2. The zero-order valence-corrected chi connectivity index (χ0v) is 15.2. The van der Waals surface area contributed by atoms with Crippen LogP contribution in [0.1, 0.15) is 16.2 Å². The molecule has 4 rings (SSSR count). The number of aromatic nitrogens is 3. The lowest BCUT2D eigenvalue weighted by molar-refractivity contribution is 0.0953. The summed E-state index contributed by atoms with van der Waals surface area (Å²) in [6.07, 6.45) is 3.34. The van der Waals surface area contributed by atoms with E-state index in [2.05, 4.69) is 26.3 Å². The van der Waals surface area contributed by atoms with Crippen LogP contribution in [0.5, 0.6) is 0 Å². The van der Waals surface area contributed by atoms with Crippen LogP contribution in [0.2, 0.25) is 0 Å². The summed E-state index contributed by atoms with van der Waals surface area (Å²) >= 11 is 0. The Hall–Kier alpha value is -3.88. The van der Waals surface area contributed by atoms with Gasteiger partial charge in [-0.1, -0.05) is 12.1 Å². The molecule has 142 valence electrons. The second-order valence-electron chi connectivity index (χ2n) is 6.06. The fourth-order valence-corrected chi connectivity index (χ4v) is 2.85. The number of carbonyl (C=O) groups excluding carboxylic acids is 1. The maximum absolute atomic E-state index is 13.5. The lowest BCUT2D eigenvalue weighted by atomic mass is 10.1. The third kappa shape index (κ3) is 3.25. The molecule has 28 heavy (non-hydrogen) atoms. The highest BCUT2D eigenvalue weighted by molar-refractivity contribution is 5.95. The van der Waals surface area contributed by atoms with Gasteiger partial charge in [0.15, 0.2) is 11.3 Å². The van der Waals surface area contributed by atoms with Gasteiger partial charge in [-0.2, -0.15) is 5.10 Å². The zero-order valence-electron chi connectivity index (χ0n) is 15.2. The number of halogens is 1. The van der Waals surface area contributed by atoms with Gasteiger partial charge in [0.2, 0.25) is 5.88 Å². The van der Waals surface area contributed by atoms with Gasteiger partial charge in [0, 0.05) is 11.6 Å². The Bertz CT molecular complexity index is 1130. The smallest absolute Gasteiger partial charge is 0.277 e. The number of ether oxygens (including phenoxy) is 1. The van der Waals surface area contributed by atoms with Crippen molar-refractivity contribution in [1.29, 1.82) is 0 Å². The van der Waals surface area contributed by atoms with Crippen LogP contribution in [0.4, 0.5) is 4.39 Å². The minimum Gasteiger partial charge on any atom is -0.481 e. The fourth-order valence-electron chi connectivity index (χ4n) is 2.85. The first-order valence-corrected chi connectivity index (χ1v) is 8.47. The summed E-state index contributed by atoms with van der Waals surface area (Å²) in [6.45, 7) is 1.73. The molecule has 0 saturated heterocycles. The van der Waals surface area contributed by atoms with Gasteiger partial charge in [0.25, 0.3) is 5.91 Å². The van der Waals surface area contributed by atoms with Gasteiger partial charge in [0.1, 0.15) is 11.6 Å². The molecule has 3 heterocycles. The van der Waals surface area contributed by atoms with Gasteiger partial charge < -0.3 is 10.1 Å². The molecule has 0 aliphatic carbocycles. The Labute approximate surface area is 159 Å². The fraction of sp³-hybridized carbons (Fsp3) is 0.105. The van der Waals surface area contributed by atoms with Gasteiger partial charge in [0.05, 0.1) is 18.5 Å². The quantitative estimate of drug-likeness (QED) is 0.641. The lowest BCUT2D eigenvalue weighted by Gasteiger charge is -2.18. The number of amides is 1. The van der Waals surface area contributed by atoms with Gasteiger partial charge in [-0.05, 0) is 37.3 Å². The highest BCUT2D eigenvalue weighted by Crippen LogP contribution is 2.20. The number of carbonyl (C=O) groups is 1. The SMILES string of the molecule is COC1=CC=C(NC(=O)c2c(C)nc3ccc(-c4cccc(F)c4)nn23)NN1. The summed E-state index contributed by atoms with van der Waals surface area (Å²) in [5, 5.41) is 7.24. The van der Waals surface area contributed by atoms with Gasteiger partial charge in [-0.15, -0.1) is 0 Å². The third-order valence-corrected chi connectivity index (χ3v) is 4.18. The lowest BCUT2D eigenvalue weighted by Crippen LogP contribution is -2.41. The van der Waals surface area contributed by atoms with E-state index in [1.807, 2.05) is 0 Å². The number of rotatable bonds is 4. The zero-order chi connectivity index (χ0) is 19.7. The van der Waals surface area contributed by atoms with Gasteiger partial charge in [-0.25, -0.2) is 13.9 Å². The van der Waals surface area contributed by atoms with Crippen LogP contribution in [0.25, 0.3) is 16.9 Å². The first-order valence-electron chi connectivity index (χ1n) is 8.47. The summed E-state index contributed by atoms with van der Waals surface area (Å²) in [5.74, 6) is 0.223. The largest absolute Gasteiger partial charge is 0.481 e. The highest BCUT2D eigenvalue weighted by atomic mass is 19.1. The van der Waals surface area contributed by atoms with Crippen molar-refractivity contribution in [3.8, 4) is 11.3 Å². The Kier molecular flexibility index (Phi) is 4.40. The molecule has 0 spiro atoms. The normalized spacial score (nSPS) is 13.2. The van der Waals surface area contributed by atoms with Gasteiger partial charge >= 0.3 is 0 Å². The minimum absolute atomic E-state index is 0.289. The van der Waals surface area contributed by atoms with Crippen LogP contribution in [-0.2, 0) is 4.74 Å². The van der Waals surface area contributed by atoms with E-state index >= 15 is 0 Å². The van der Waals surface area contributed by atoms with E-state index in [1.165, 1.54) is 23.8 Å². The van der Waals surface area contributed by atoms with E-state index in [0.29, 0.717) is 34.3 Å². The molecule has 0 unspecified atom stereocenters. The summed E-state index contributed by atoms with van der Waals surface area (Å²) in [7, 11) is 1.53. The molecule has 0 radical (unpaired) electrons. The number of fused-ring (bicyclic) bond motifs is 1. The number of nitrogens with one attached hydrogen (secondary N) is 3. The van der Waals surface area contributed by atoms with Gasteiger partial charge in [-0.3, -0.25) is 15.6 Å². The van der Waals surface area contributed by atoms with Crippen molar-refractivity contribution < 1.29 is 13.9 Å². The van der Waals surface area contributed by atoms with E-state index in [1.54, 1.807) is 43.3 Å². The van der Waals surface area contributed by atoms with E-state index in [9.17, 15) is 9.18 Å². The van der Waals surface area contributed by atoms with Crippen LogP contribution >= 0.6 is 0 Å². The van der Waals surface area contributed by atoms with E-state index < -0.39 is 0 Å². The predicted octanol–water partition coefficient (Wildman–Crippen LogP) is 2.01. The molecule has 0 saturated carbocycles. The monoisotopic (exact) mass is 380 g/mol. The number of allylic oxidation sites excluding steroid dienone is 2. The Morgan fingerprint density at radius 3 is 2.79 bits per heavy atom. The number of aryl methyl sites for hydroxylation is 1. The number of benzene rings is 1. The van der Waals surface area contributed by atoms with E-state index in [0.717, 1.165) is 0 Å². The molecule has 8 nitrogen and oxygen atoms in total. The number of methoxy groups -OCH3 is 1. The number of hydrazine groups is 1. The average molecular weight is 380 g/mol. The molecule has 1 amide bonds. The van der Waals surface area contributed by atoms with Crippen molar-refractivity contribution in [1.82, 2.24) is 30.8 Å². The Morgan fingerprint density at radius 1 is 1.21 bits per heavy atom. The van der Waals surface area contributed by atoms with Crippen LogP contribution in [0, 0.1) is 12.7 Å². The molecular weight excluding hydrogens is 363 g/mol. The summed E-state index contributed by atoms with van der Waals surface area (Å²) in [4.78, 5) is 17.2. The number of imidazole rings is 1. The molecule has 3 N–H and O–H groups in total. The third-order valence-electron chi connectivity index (χ3n) is 4.18.